The van der Waals surface area contributed by atoms with Crippen molar-refractivity contribution in [3.63, 3.8) is 0 Å². The van der Waals surface area contributed by atoms with Crippen LogP contribution >= 0.6 is 0 Å². The average Bonchev–Trinajstić information content (AvgIpc) is 2.78. The first-order valence-electron chi connectivity index (χ1n) is 6.54. The van der Waals surface area contributed by atoms with Crippen LogP contribution in [0.1, 0.15) is 26.2 Å². The summed E-state index contributed by atoms with van der Waals surface area (Å²) in [5.41, 5.74) is 5.78. The molecule has 0 aromatic rings. The third-order valence-electron chi connectivity index (χ3n) is 3.11. The van der Waals surface area contributed by atoms with Gasteiger partial charge in [0.25, 0.3) is 0 Å². The van der Waals surface area contributed by atoms with Gasteiger partial charge in [-0.25, -0.2) is 0 Å². The van der Waals surface area contributed by atoms with Gasteiger partial charge in [0.2, 0.25) is 0 Å². The maximum Gasteiger partial charge on any atom is 0.188 e. The summed E-state index contributed by atoms with van der Waals surface area (Å²) in [6.07, 6.45) is 3.54. The highest BCUT2D eigenvalue weighted by Gasteiger charge is 2.23. The minimum absolute atomic E-state index is 0.534. The van der Waals surface area contributed by atoms with Crippen LogP contribution in [0, 0.1) is 0 Å². The van der Waals surface area contributed by atoms with Crippen LogP contribution in [0.3, 0.4) is 0 Å². The van der Waals surface area contributed by atoms with Crippen molar-refractivity contribution in [2.75, 3.05) is 39.9 Å². The third kappa shape index (κ3) is 5.37. The van der Waals surface area contributed by atoms with E-state index in [1.807, 2.05) is 0 Å². The summed E-state index contributed by atoms with van der Waals surface area (Å²) in [5, 5.41) is 3.10. The van der Waals surface area contributed by atoms with Crippen molar-refractivity contribution in [1.82, 2.24) is 10.2 Å². The van der Waals surface area contributed by atoms with Gasteiger partial charge in [0.1, 0.15) is 0 Å². The molecule has 1 saturated heterocycles. The maximum atomic E-state index is 5.78. The van der Waals surface area contributed by atoms with E-state index in [2.05, 4.69) is 22.1 Å². The zero-order chi connectivity index (χ0) is 12.5. The zero-order valence-corrected chi connectivity index (χ0v) is 11.1. The number of likely N-dealkylation sites (tertiary alicyclic amines) is 1. The topological polar surface area (TPSA) is 62.9 Å². The van der Waals surface area contributed by atoms with E-state index in [9.17, 15) is 0 Å². The summed E-state index contributed by atoms with van der Waals surface area (Å²) in [6, 6.07) is 0.534. The van der Waals surface area contributed by atoms with Crippen LogP contribution < -0.4 is 11.1 Å². The lowest BCUT2D eigenvalue weighted by Crippen LogP contribution is -2.37. The molecule has 5 heteroatoms. The van der Waals surface area contributed by atoms with Crippen LogP contribution in [0.25, 0.3) is 0 Å². The standard InChI is InChI=1S/C12H26N4O/c1-3-6-14-12(13)15-10-11-5-4-7-16(11)8-9-17-2/h11H,3-10H2,1-2H3,(H3,13,14,15). The Balaban J connectivity index is 2.28. The molecule has 17 heavy (non-hydrogen) atoms. The highest BCUT2D eigenvalue weighted by Crippen LogP contribution is 2.16. The van der Waals surface area contributed by atoms with Crippen LogP contribution in [-0.4, -0.2) is 56.8 Å². The van der Waals surface area contributed by atoms with E-state index in [0.717, 1.165) is 39.2 Å². The van der Waals surface area contributed by atoms with Gasteiger partial charge in [-0.15, -0.1) is 0 Å². The number of hydrogen-bond donors (Lipinski definition) is 2. The molecule has 0 aromatic carbocycles. The molecule has 3 N–H and O–H groups in total. The van der Waals surface area contributed by atoms with Crippen molar-refractivity contribution < 1.29 is 4.74 Å². The zero-order valence-electron chi connectivity index (χ0n) is 11.1. The number of rotatable bonds is 7. The van der Waals surface area contributed by atoms with Gasteiger partial charge in [-0.2, -0.15) is 0 Å². The van der Waals surface area contributed by atoms with Gasteiger partial charge in [0.15, 0.2) is 5.96 Å². The summed E-state index contributed by atoms with van der Waals surface area (Å²) in [6.45, 7) is 6.76. The van der Waals surface area contributed by atoms with E-state index in [-0.39, 0.29) is 0 Å². The Hall–Kier alpha value is -0.810. The molecule has 0 spiro atoms. The Labute approximate surface area is 104 Å². The normalized spacial score (nSPS) is 22.0. The summed E-state index contributed by atoms with van der Waals surface area (Å²) in [4.78, 5) is 6.85. The summed E-state index contributed by atoms with van der Waals surface area (Å²) < 4.78 is 5.12. The number of nitrogens with zero attached hydrogens (tertiary/aromatic N) is 2. The van der Waals surface area contributed by atoms with Crippen LogP contribution in [-0.2, 0) is 4.74 Å². The number of guanidine groups is 1. The van der Waals surface area contributed by atoms with E-state index >= 15 is 0 Å². The number of nitrogens with two attached hydrogens (primary N) is 1. The molecule has 0 amide bonds. The second-order valence-corrected chi connectivity index (χ2v) is 4.48. The molecular formula is C12H26N4O. The molecule has 5 nitrogen and oxygen atoms in total. The smallest absolute Gasteiger partial charge is 0.188 e. The van der Waals surface area contributed by atoms with Gasteiger partial charge in [-0.05, 0) is 25.8 Å². The van der Waals surface area contributed by atoms with E-state index in [1.165, 1.54) is 12.8 Å². The quantitative estimate of drug-likeness (QED) is 0.501. The predicted molar refractivity (Wildman–Crippen MR) is 71.3 cm³/mol. The number of hydrogen-bond acceptors (Lipinski definition) is 3. The molecular weight excluding hydrogens is 216 g/mol. The second kappa shape index (κ2) is 8.31. The van der Waals surface area contributed by atoms with Crippen molar-refractivity contribution in [3.8, 4) is 0 Å². The number of methoxy groups -OCH3 is 1. The number of nitrogens with one attached hydrogen (secondary N) is 1. The lowest BCUT2D eigenvalue weighted by molar-refractivity contribution is 0.143. The lowest BCUT2D eigenvalue weighted by atomic mass is 10.2. The number of aliphatic imine (C=N–C) groups is 1. The van der Waals surface area contributed by atoms with E-state index in [0.29, 0.717) is 12.0 Å². The molecule has 1 rings (SSSR count). The Kier molecular flexibility index (Phi) is 6.96. The monoisotopic (exact) mass is 242 g/mol. The fourth-order valence-corrected chi connectivity index (χ4v) is 2.12. The predicted octanol–water partition coefficient (Wildman–Crippen LogP) is 0.412. The fourth-order valence-electron chi connectivity index (χ4n) is 2.12. The molecule has 1 aliphatic heterocycles. The molecule has 0 radical (unpaired) electrons. The van der Waals surface area contributed by atoms with Crippen LogP contribution in [0.15, 0.2) is 4.99 Å². The SMILES string of the molecule is CCCNC(N)=NCC1CCCN1CCOC. The van der Waals surface area contributed by atoms with E-state index in [4.69, 9.17) is 10.5 Å². The summed E-state index contributed by atoms with van der Waals surface area (Å²) in [7, 11) is 1.75. The Morgan fingerprint density at radius 1 is 1.59 bits per heavy atom. The second-order valence-electron chi connectivity index (χ2n) is 4.48. The average molecular weight is 242 g/mol. The van der Waals surface area contributed by atoms with E-state index in [1.54, 1.807) is 7.11 Å². The lowest BCUT2D eigenvalue weighted by Gasteiger charge is -2.22. The van der Waals surface area contributed by atoms with Crippen LogP contribution in [0.2, 0.25) is 0 Å². The molecule has 1 heterocycles. The van der Waals surface area contributed by atoms with Crippen molar-refractivity contribution in [3.05, 3.63) is 0 Å². The molecule has 1 atom stereocenters. The first-order valence-corrected chi connectivity index (χ1v) is 6.54. The highest BCUT2D eigenvalue weighted by atomic mass is 16.5. The molecule has 1 unspecified atom stereocenters. The van der Waals surface area contributed by atoms with Crippen LogP contribution in [0.4, 0.5) is 0 Å². The van der Waals surface area contributed by atoms with Crippen molar-refractivity contribution in [1.29, 1.82) is 0 Å². The highest BCUT2D eigenvalue weighted by molar-refractivity contribution is 5.77. The van der Waals surface area contributed by atoms with Crippen molar-refractivity contribution in [2.45, 2.75) is 32.2 Å². The Morgan fingerprint density at radius 2 is 2.41 bits per heavy atom. The Morgan fingerprint density at radius 3 is 3.12 bits per heavy atom. The van der Waals surface area contributed by atoms with Gasteiger partial charge in [-0.3, -0.25) is 9.89 Å². The fraction of sp³-hybridized carbons (Fsp3) is 0.917. The van der Waals surface area contributed by atoms with Crippen molar-refractivity contribution in [2.24, 2.45) is 10.7 Å². The van der Waals surface area contributed by atoms with Gasteiger partial charge in [0, 0.05) is 26.2 Å². The molecule has 0 aromatic heterocycles. The minimum atomic E-state index is 0.534. The number of ether oxygens (including phenoxy) is 1. The molecule has 0 aliphatic carbocycles. The minimum Gasteiger partial charge on any atom is -0.383 e. The molecule has 0 saturated carbocycles. The van der Waals surface area contributed by atoms with Gasteiger partial charge in [0.05, 0.1) is 13.2 Å². The van der Waals surface area contributed by atoms with Gasteiger partial charge in [-0.1, -0.05) is 6.92 Å². The maximum absolute atomic E-state index is 5.78. The molecule has 100 valence electrons. The summed E-state index contributed by atoms with van der Waals surface area (Å²) in [5.74, 6) is 0.574. The van der Waals surface area contributed by atoms with Crippen molar-refractivity contribution >= 4 is 5.96 Å². The molecule has 1 fully saturated rings. The summed E-state index contributed by atoms with van der Waals surface area (Å²) >= 11 is 0. The van der Waals surface area contributed by atoms with Crippen LogP contribution in [0.5, 0.6) is 0 Å². The third-order valence-corrected chi connectivity index (χ3v) is 3.11. The molecule has 1 aliphatic rings. The largest absolute Gasteiger partial charge is 0.383 e. The first kappa shape index (κ1) is 14.3. The Bertz CT molecular complexity index is 233. The van der Waals surface area contributed by atoms with E-state index < -0.39 is 0 Å². The van der Waals surface area contributed by atoms with Gasteiger partial charge >= 0.3 is 0 Å². The first-order chi connectivity index (χ1) is 8.27. The van der Waals surface area contributed by atoms with Gasteiger partial charge < -0.3 is 15.8 Å². The molecule has 0 bridgehead atoms.